The molecular formula is C22H42O7Si3. The lowest BCUT2D eigenvalue weighted by Gasteiger charge is -2.37. The minimum Gasteiger partial charge on any atom is -0.463 e. The molecule has 0 spiro atoms. The molecule has 0 amide bonds. The van der Waals surface area contributed by atoms with Crippen LogP contribution in [0, 0.1) is 5.92 Å². The monoisotopic (exact) mass is 502 g/mol. The van der Waals surface area contributed by atoms with Gasteiger partial charge < -0.3 is 26.2 Å². The third-order valence-corrected chi connectivity index (χ3v) is 15.3. The van der Waals surface area contributed by atoms with Gasteiger partial charge in [0.2, 0.25) is 0 Å². The molecule has 10 heteroatoms. The van der Waals surface area contributed by atoms with Gasteiger partial charge in [0.25, 0.3) is 0 Å². The molecule has 1 rings (SSSR count). The first-order valence-corrected chi connectivity index (χ1v) is 18.1. The lowest BCUT2D eigenvalue weighted by atomic mass is 10.1. The van der Waals surface area contributed by atoms with Gasteiger partial charge in [0, 0.05) is 34.0 Å². The third kappa shape index (κ3) is 12.2. The lowest BCUT2D eigenvalue weighted by molar-refractivity contribution is -0.137. The number of ether oxygens (including phenoxy) is 1. The molecule has 1 aromatic carbocycles. The van der Waals surface area contributed by atoms with Crippen molar-refractivity contribution in [3.8, 4) is 0 Å². The van der Waals surface area contributed by atoms with Crippen LogP contribution < -0.4 is 5.19 Å². The zero-order valence-electron chi connectivity index (χ0n) is 21.2. The fraction of sp³-hybridized carbons (Fsp3) is 0.591. The maximum Gasteiger partial charge on any atom is 0.488 e. The number of esters is 1. The molecule has 0 radical (unpaired) electrons. The minimum atomic E-state index is -2.64. The fourth-order valence-electron chi connectivity index (χ4n) is 2.79. The van der Waals surface area contributed by atoms with E-state index in [1.807, 2.05) is 56.5 Å². The first kappa shape index (κ1) is 30.9. The van der Waals surface area contributed by atoms with Crippen molar-refractivity contribution < 1.29 is 31.0 Å². The van der Waals surface area contributed by atoms with E-state index in [0.29, 0.717) is 12.5 Å². The van der Waals surface area contributed by atoms with E-state index < -0.39 is 25.9 Å². The van der Waals surface area contributed by atoms with Crippen LogP contribution in [-0.2, 0) is 31.0 Å². The largest absolute Gasteiger partial charge is 0.488 e. The van der Waals surface area contributed by atoms with Crippen LogP contribution >= 0.6 is 0 Å². The highest BCUT2D eigenvalue weighted by atomic mass is 28.5. The third-order valence-electron chi connectivity index (χ3n) is 4.64. The molecule has 32 heavy (non-hydrogen) atoms. The van der Waals surface area contributed by atoms with Gasteiger partial charge in [-0.3, -0.25) is 0 Å². The van der Waals surface area contributed by atoms with Crippen LogP contribution in [-0.4, -0.2) is 59.8 Å². The first-order chi connectivity index (χ1) is 14.9. The molecule has 0 N–H and O–H groups in total. The topological polar surface area (TPSA) is 72.5 Å². The van der Waals surface area contributed by atoms with Gasteiger partial charge in [-0.15, -0.1) is 0 Å². The summed E-state index contributed by atoms with van der Waals surface area (Å²) in [5.41, 5.74) is 0. The van der Waals surface area contributed by atoms with Gasteiger partial charge in [-0.05, 0) is 43.6 Å². The van der Waals surface area contributed by atoms with Crippen molar-refractivity contribution in [1.82, 2.24) is 0 Å². The molecule has 0 aliphatic heterocycles. The van der Waals surface area contributed by atoms with E-state index >= 15 is 0 Å². The van der Waals surface area contributed by atoms with Gasteiger partial charge in [0.1, 0.15) is 0 Å². The number of benzene rings is 1. The summed E-state index contributed by atoms with van der Waals surface area (Å²) in [5.74, 6) is 0.353. The van der Waals surface area contributed by atoms with Crippen molar-refractivity contribution >= 4 is 37.1 Å². The molecule has 0 heterocycles. The Morgan fingerprint density at radius 2 is 1.53 bits per heavy atom. The van der Waals surface area contributed by atoms with E-state index in [-0.39, 0.29) is 5.97 Å². The molecule has 0 aliphatic rings. The predicted molar refractivity (Wildman–Crippen MR) is 135 cm³/mol. The SMILES string of the molecule is C=CC(=O)OCCCC(C)C.CO[Si](C)(OC)O[Si](C)(C)O[Si](C)(OC)c1ccccc1. The second kappa shape index (κ2) is 14.9. The van der Waals surface area contributed by atoms with E-state index in [2.05, 4.69) is 20.4 Å². The maximum absolute atomic E-state index is 10.5. The highest BCUT2D eigenvalue weighted by Crippen LogP contribution is 2.21. The van der Waals surface area contributed by atoms with Gasteiger partial charge in [-0.25, -0.2) is 4.79 Å². The highest BCUT2D eigenvalue weighted by molar-refractivity contribution is 6.89. The standard InChI is InChI=1S/C13H26O5Si3.C9H16O2/c1-14-20(6,13-11-9-8-10-12-13)17-19(4,5)18-21(7,15-2)16-3;1-4-9(10)11-7-5-6-8(2)3/h8-12H,1-7H3;4,8H,1,5-7H2,2-3H3. The van der Waals surface area contributed by atoms with Crippen molar-refractivity contribution in [2.24, 2.45) is 5.92 Å². The molecule has 1 atom stereocenters. The Morgan fingerprint density at radius 3 is 1.97 bits per heavy atom. The van der Waals surface area contributed by atoms with Crippen LogP contribution in [0.1, 0.15) is 26.7 Å². The van der Waals surface area contributed by atoms with Crippen molar-refractivity contribution in [2.75, 3.05) is 27.9 Å². The number of hydrogen-bond acceptors (Lipinski definition) is 7. The van der Waals surface area contributed by atoms with Crippen molar-refractivity contribution in [2.45, 2.75) is 52.9 Å². The van der Waals surface area contributed by atoms with Crippen LogP contribution in [0.5, 0.6) is 0 Å². The molecule has 0 fully saturated rings. The second-order valence-electron chi connectivity index (χ2n) is 8.30. The summed E-state index contributed by atoms with van der Waals surface area (Å²) in [6.07, 6.45) is 3.23. The Kier molecular flexibility index (Phi) is 14.4. The predicted octanol–water partition coefficient (Wildman–Crippen LogP) is 4.36. The summed E-state index contributed by atoms with van der Waals surface area (Å²) in [4.78, 5) is 10.5. The average molecular weight is 503 g/mol. The van der Waals surface area contributed by atoms with E-state index in [0.717, 1.165) is 18.0 Å². The molecule has 7 nitrogen and oxygen atoms in total. The van der Waals surface area contributed by atoms with Crippen LogP contribution in [0.2, 0.25) is 26.2 Å². The van der Waals surface area contributed by atoms with E-state index in [4.69, 9.17) is 26.2 Å². The summed E-state index contributed by atoms with van der Waals surface area (Å²) in [6.45, 7) is 16.0. The summed E-state index contributed by atoms with van der Waals surface area (Å²) in [6, 6.07) is 10.0. The van der Waals surface area contributed by atoms with Crippen LogP contribution in [0.15, 0.2) is 43.0 Å². The minimum absolute atomic E-state index is 0.325. The fourth-order valence-corrected chi connectivity index (χ4v) is 13.3. The number of carbonyl (C=O) groups is 1. The van der Waals surface area contributed by atoms with E-state index in [9.17, 15) is 4.79 Å². The smallest absolute Gasteiger partial charge is 0.463 e. The summed E-state index contributed by atoms with van der Waals surface area (Å²) in [5, 5.41) is 1.08. The molecule has 0 aliphatic carbocycles. The molecule has 0 saturated carbocycles. The van der Waals surface area contributed by atoms with Crippen LogP contribution in [0.3, 0.4) is 0 Å². The van der Waals surface area contributed by atoms with Gasteiger partial charge in [-0.1, -0.05) is 50.8 Å². The van der Waals surface area contributed by atoms with Gasteiger partial charge in [-0.2, -0.15) is 0 Å². The summed E-state index contributed by atoms with van der Waals surface area (Å²) >= 11 is 0. The Hall–Kier alpha value is -1.12. The molecule has 1 aromatic rings. The normalized spacial score (nSPS) is 13.7. The number of hydrogen-bond donors (Lipinski definition) is 0. The molecule has 0 saturated heterocycles. The second-order valence-corrected chi connectivity index (χ2v) is 18.1. The summed E-state index contributed by atoms with van der Waals surface area (Å²) in [7, 11) is -2.74. The molecule has 0 aromatic heterocycles. The number of rotatable bonds is 13. The Bertz CT molecular complexity index is 667. The zero-order chi connectivity index (χ0) is 24.8. The molecular weight excluding hydrogens is 460 g/mol. The summed E-state index contributed by atoms with van der Waals surface area (Å²) < 4.78 is 33.8. The Labute approximate surface area is 197 Å². The molecule has 184 valence electrons. The van der Waals surface area contributed by atoms with Crippen molar-refractivity contribution in [1.29, 1.82) is 0 Å². The number of carbonyl (C=O) groups excluding carboxylic acids is 1. The lowest BCUT2D eigenvalue weighted by Crippen LogP contribution is -2.61. The van der Waals surface area contributed by atoms with Crippen LogP contribution in [0.25, 0.3) is 0 Å². The Morgan fingerprint density at radius 1 is 0.969 bits per heavy atom. The van der Waals surface area contributed by atoms with E-state index in [1.54, 1.807) is 21.3 Å². The maximum atomic E-state index is 10.5. The van der Waals surface area contributed by atoms with Crippen molar-refractivity contribution in [3.63, 3.8) is 0 Å². The molecule has 0 bridgehead atoms. The molecule has 1 unspecified atom stereocenters. The van der Waals surface area contributed by atoms with Gasteiger partial charge in [0.05, 0.1) is 6.61 Å². The average Bonchev–Trinajstić information content (AvgIpc) is 2.76. The van der Waals surface area contributed by atoms with Gasteiger partial charge >= 0.3 is 31.9 Å². The van der Waals surface area contributed by atoms with Crippen molar-refractivity contribution in [3.05, 3.63) is 43.0 Å². The highest BCUT2D eigenvalue weighted by Gasteiger charge is 2.47. The zero-order valence-corrected chi connectivity index (χ0v) is 24.2. The first-order valence-electron chi connectivity index (χ1n) is 10.8. The van der Waals surface area contributed by atoms with Crippen LogP contribution in [0.4, 0.5) is 0 Å². The quantitative estimate of drug-likeness (QED) is 0.172. The van der Waals surface area contributed by atoms with Gasteiger partial charge in [0.15, 0.2) is 0 Å². The Balaban J connectivity index is 0.000000739. The van der Waals surface area contributed by atoms with E-state index in [1.165, 1.54) is 6.08 Å².